The van der Waals surface area contributed by atoms with Crippen molar-refractivity contribution in [3.63, 3.8) is 0 Å². The van der Waals surface area contributed by atoms with Gasteiger partial charge in [-0.05, 0) is 25.3 Å². The number of carbonyl (C=O) groups is 1. The highest BCUT2D eigenvalue weighted by atomic mass is 32.2. The Kier molecular flexibility index (Phi) is 6.09. The van der Waals surface area contributed by atoms with Gasteiger partial charge in [-0.25, -0.2) is 9.97 Å². The van der Waals surface area contributed by atoms with Crippen LogP contribution in [0.4, 0.5) is 11.5 Å². The van der Waals surface area contributed by atoms with Gasteiger partial charge in [0.2, 0.25) is 5.91 Å². The Labute approximate surface area is 138 Å². The zero-order valence-electron chi connectivity index (χ0n) is 12.5. The van der Waals surface area contributed by atoms with Gasteiger partial charge in [0.25, 0.3) is 0 Å². The molecule has 1 aromatic carbocycles. The SMILES string of the molecule is CSc1ccccc1NC(=O)CCSc1nc(C)cc(N)n1. The number of aromatic nitrogens is 2. The van der Waals surface area contributed by atoms with E-state index in [1.807, 2.05) is 37.4 Å². The fraction of sp³-hybridized carbons (Fsp3) is 0.267. The van der Waals surface area contributed by atoms with E-state index >= 15 is 0 Å². The van der Waals surface area contributed by atoms with Crippen LogP contribution in [0.3, 0.4) is 0 Å². The van der Waals surface area contributed by atoms with Crippen molar-refractivity contribution in [3.8, 4) is 0 Å². The predicted octanol–water partition coefficient (Wildman–Crippen LogP) is 3.21. The molecule has 0 aliphatic carbocycles. The van der Waals surface area contributed by atoms with Crippen LogP contribution in [-0.2, 0) is 4.79 Å². The molecule has 1 heterocycles. The first-order valence-corrected chi connectivity index (χ1v) is 8.96. The first-order valence-electron chi connectivity index (χ1n) is 6.75. The minimum Gasteiger partial charge on any atom is -0.384 e. The molecule has 0 spiro atoms. The van der Waals surface area contributed by atoms with E-state index in [4.69, 9.17) is 5.73 Å². The number of rotatable bonds is 6. The summed E-state index contributed by atoms with van der Waals surface area (Å²) in [5.41, 5.74) is 7.35. The van der Waals surface area contributed by atoms with Crippen LogP contribution in [0.1, 0.15) is 12.1 Å². The molecule has 116 valence electrons. The number of para-hydroxylation sites is 1. The largest absolute Gasteiger partial charge is 0.384 e. The summed E-state index contributed by atoms with van der Waals surface area (Å²) in [6.07, 6.45) is 2.38. The second kappa shape index (κ2) is 8.05. The molecule has 5 nitrogen and oxygen atoms in total. The van der Waals surface area contributed by atoms with E-state index in [9.17, 15) is 4.79 Å². The Bertz CT molecular complexity index is 643. The van der Waals surface area contributed by atoms with Crippen LogP contribution in [0.25, 0.3) is 0 Å². The van der Waals surface area contributed by atoms with Crippen molar-refractivity contribution in [2.45, 2.75) is 23.4 Å². The van der Waals surface area contributed by atoms with E-state index in [-0.39, 0.29) is 5.91 Å². The zero-order valence-corrected chi connectivity index (χ0v) is 14.1. The topological polar surface area (TPSA) is 80.9 Å². The number of carbonyl (C=O) groups excluding carboxylic acids is 1. The van der Waals surface area contributed by atoms with E-state index < -0.39 is 0 Å². The number of anilines is 2. The molecule has 1 aromatic heterocycles. The first-order chi connectivity index (χ1) is 10.6. The maximum atomic E-state index is 12.0. The molecule has 3 N–H and O–H groups in total. The van der Waals surface area contributed by atoms with Gasteiger partial charge in [-0.15, -0.1) is 11.8 Å². The molecular weight excluding hydrogens is 316 g/mol. The molecule has 22 heavy (non-hydrogen) atoms. The molecule has 0 unspecified atom stereocenters. The van der Waals surface area contributed by atoms with Gasteiger partial charge >= 0.3 is 0 Å². The van der Waals surface area contributed by atoms with Crippen LogP contribution in [0.15, 0.2) is 40.4 Å². The summed E-state index contributed by atoms with van der Waals surface area (Å²) >= 11 is 3.04. The summed E-state index contributed by atoms with van der Waals surface area (Å²) in [5, 5.41) is 3.54. The number of nitrogen functional groups attached to an aromatic ring is 1. The molecule has 0 fully saturated rings. The van der Waals surface area contributed by atoms with Crippen LogP contribution >= 0.6 is 23.5 Å². The third-order valence-corrected chi connectivity index (χ3v) is 4.44. The van der Waals surface area contributed by atoms with Crippen molar-refractivity contribution in [3.05, 3.63) is 36.0 Å². The van der Waals surface area contributed by atoms with Gasteiger partial charge in [-0.1, -0.05) is 23.9 Å². The Balaban J connectivity index is 1.85. The molecule has 0 bridgehead atoms. The number of benzene rings is 1. The summed E-state index contributed by atoms with van der Waals surface area (Å²) in [7, 11) is 0. The number of hydrogen-bond acceptors (Lipinski definition) is 6. The van der Waals surface area contributed by atoms with E-state index in [0.29, 0.717) is 23.1 Å². The molecule has 2 aromatic rings. The molecule has 2 rings (SSSR count). The van der Waals surface area contributed by atoms with E-state index in [2.05, 4.69) is 15.3 Å². The van der Waals surface area contributed by atoms with Crippen LogP contribution in [-0.4, -0.2) is 27.9 Å². The second-order valence-electron chi connectivity index (χ2n) is 4.56. The van der Waals surface area contributed by atoms with Crippen LogP contribution in [0.5, 0.6) is 0 Å². The predicted molar refractivity (Wildman–Crippen MR) is 93.4 cm³/mol. The lowest BCUT2D eigenvalue weighted by atomic mass is 10.3. The zero-order chi connectivity index (χ0) is 15.9. The maximum absolute atomic E-state index is 12.0. The Morgan fingerprint density at radius 1 is 1.32 bits per heavy atom. The minimum atomic E-state index is -0.0189. The highest BCUT2D eigenvalue weighted by molar-refractivity contribution is 7.99. The van der Waals surface area contributed by atoms with Crippen molar-refractivity contribution >= 4 is 40.9 Å². The Hall–Kier alpha value is -1.73. The molecule has 0 atom stereocenters. The van der Waals surface area contributed by atoms with Gasteiger partial charge in [-0.3, -0.25) is 4.79 Å². The normalized spacial score (nSPS) is 10.5. The number of thioether (sulfide) groups is 2. The number of aryl methyl sites for hydroxylation is 1. The van der Waals surface area contributed by atoms with Crippen LogP contribution in [0, 0.1) is 6.92 Å². The number of nitrogens with one attached hydrogen (secondary N) is 1. The highest BCUT2D eigenvalue weighted by Gasteiger charge is 2.07. The van der Waals surface area contributed by atoms with Gasteiger partial charge < -0.3 is 11.1 Å². The fourth-order valence-corrected chi connectivity index (χ4v) is 3.23. The van der Waals surface area contributed by atoms with Crippen molar-refractivity contribution in [2.24, 2.45) is 0 Å². The molecular formula is C15H18N4OS2. The molecule has 0 saturated carbocycles. The van der Waals surface area contributed by atoms with E-state index in [1.54, 1.807) is 17.8 Å². The standard InChI is InChI=1S/C15H18N4OS2/c1-10-9-13(16)19-15(17-10)22-8-7-14(20)18-11-5-3-4-6-12(11)21-2/h3-6,9H,7-8H2,1-2H3,(H,18,20)(H2,16,17,19). The summed E-state index contributed by atoms with van der Waals surface area (Å²) in [5.74, 6) is 1.04. The summed E-state index contributed by atoms with van der Waals surface area (Å²) < 4.78 is 0. The number of hydrogen-bond donors (Lipinski definition) is 2. The number of amides is 1. The van der Waals surface area contributed by atoms with Gasteiger partial charge in [0.15, 0.2) is 5.16 Å². The third kappa shape index (κ3) is 4.92. The molecule has 0 aliphatic heterocycles. The monoisotopic (exact) mass is 334 g/mol. The molecule has 0 saturated heterocycles. The maximum Gasteiger partial charge on any atom is 0.225 e. The first kappa shape index (κ1) is 16.6. The minimum absolute atomic E-state index is 0.0189. The van der Waals surface area contributed by atoms with Crippen LogP contribution in [0.2, 0.25) is 0 Å². The van der Waals surface area contributed by atoms with Crippen molar-refractivity contribution in [1.29, 1.82) is 0 Å². The van der Waals surface area contributed by atoms with Gasteiger partial charge in [0.1, 0.15) is 5.82 Å². The van der Waals surface area contributed by atoms with Gasteiger partial charge in [-0.2, -0.15) is 0 Å². The molecule has 7 heteroatoms. The van der Waals surface area contributed by atoms with Gasteiger partial charge in [0, 0.05) is 28.8 Å². The fourth-order valence-electron chi connectivity index (χ4n) is 1.83. The second-order valence-corrected chi connectivity index (χ2v) is 6.47. The quantitative estimate of drug-likeness (QED) is 0.624. The smallest absolute Gasteiger partial charge is 0.225 e. The van der Waals surface area contributed by atoms with E-state index in [1.165, 1.54) is 11.8 Å². The summed E-state index contributed by atoms with van der Waals surface area (Å²) in [6.45, 7) is 1.87. The summed E-state index contributed by atoms with van der Waals surface area (Å²) in [6, 6.07) is 9.47. The molecule has 0 radical (unpaired) electrons. The van der Waals surface area contributed by atoms with Gasteiger partial charge in [0.05, 0.1) is 5.69 Å². The summed E-state index contributed by atoms with van der Waals surface area (Å²) in [4.78, 5) is 21.5. The van der Waals surface area contributed by atoms with Crippen molar-refractivity contribution in [1.82, 2.24) is 9.97 Å². The number of nitrogens with two attached hydrogens (primary N) is 1. The highest BCUT2D eigenvalue weighted by Crippen LogP contribution is 2.25. The van der Waals surface area contributed by atoms with Crippen molar-refractivity contribution in [2.75, 3.05) is 23.1 Å². The Morgan fingerprint density at radius 2 is 2.09 bits per heavy atom. The molecule has 0 aliphatic rings. The lowest BCUT2D eigenvalue weighted by molar-refractivity contribution is -0.115. The van der Waals surface area contributed by atoms with Crippen LogP contribution < -0.4 is 11.1 Å². The third-order valence-electron chi connectivity index (χ3n) is 2.79. The lowest BCUT2D eigenvalue weighted by Gasteiger charge is -2.09. The average molecular weight is 334 g/mol. The Morgan fingerprint density at radius 3 is 2.82 bits per heavy atom. The van der Waals surface area contributed by atoms with Crippen molar-refractivity contribution < 1.29 is 4.79 Å². The van der Waals surface area contributed by atoms with E-state index in [0.717, 1.165) is 16.3 Å². The lowest BCUT2D eigenvalue weighted by Crippen LogP contribution is -2.13. The average Bonchev–Trinajstić information content (AvgIpc) is 2.46. The number of nitrogens with zero attached hydrogens (tertiary/aromatic N) is 2. The molecule has 1 amide bonds.